The van der Waals surface area contributed by atoms with Gasteiger partial charge in [0.05, 0.1) is 5.92 Å². The molecule has 1 aromatic carbocycles. The number of carboxylic acid groups (broad SMARTS) is 1. The number of nitrogens with one attached hydrogen (secondary N) is 1. The molecule has 2 N–H and O–H groups in total. The highest BCUT2D eigenvalue weighted by atomic mass is 19.3. The summed E-state index contributed by atoms with van der Waals surface area (Å²) in [7, 11) is 0. The van der Waals surface area contributed by atoms with Gasteiger partial charge in [0.15, 0.2) is 11.5 Å². The zero-order valence-electron chi connectivity index (χ0n) is 13.0. The number of hydrogen-bond donors (Lipinski definition) is 2. The first-order valence-electron chi connectivity index (χ1n) is 7.84. The summed E-state index contributed by atoms with van der Waals surface area (Å²) in [5, 5.41) is 12.5. The molecule has 1 saturated heterocycles. The molecule has 0 saturated carbocycles. The molecule has 0 radical (unpaired) electrons. The van der Waals surface area contributed by atoms with E-state index in [1.807, 2.05) is 0 Å². The number of carbonyl (C=O) groups is 1. The minimum absolute atomic E-state index is 0.00521. The molecule has 6 nitrogen and oxygen atoms in total. The molecule has 0 bridgehead atoms. The average Bonchev–Trinajstić information content (AvgIpc) is 2.85. The maximum Gasteiger partial charge on any atom is 0.586 e. The molecule has 132 valence electrons. The molecular weight excluding hydrogens is 324 g/mol. The standard InChI is InChI=1S/C16H19F2NO5/c17-16(18)23-13-2-1-10(7-14(13)24-16)8-19-9-12(15(20)21)11-3-5-22-6-4-11/h1-2,7,11-12,19H,3-6,8-9H2,(H,20,21). The van der Waals surface area contributed by atoms with Crippen molar-refractivity contribution in [3.05, 3.63) is 23.8 Å². The van der Waals surface area contributed by atoms with Crippen LogP contribution in [0.1, 0.15) is 18.4 Å². The lowest BCUT2D eigenvalue weighted by Gasteiger charge is -2.27. The number of benzene rings is 1. The topological polar surface area (TPSA) is 77.0 Å². The fourth-order valence-electron chi connectivity index (χ4n) is 3.05. The summed E-state index contributed by atoms with van der Waals surface area (Å²) in [5.41, 5.74) is 0.714. The Morgan fingerprint density at radius 3 is 2.71 bits per heavy atom. The van der Waals surface area contributed by atoms with Gasteiger partial charge in [-0.1, -0.05) is 6.07 Å². The van der Waals surface area contributed by atoms with Gasteiger partial charge in [0.1, 0.15) is 0 Å². The molecule has 1 atom stereocenters. The third-order valence-corrected chi connectivity index (χ3v) is 4.31. The summed E-state index contributed by atoms with van der Waals surface area (Å²) in [4.78, 5) is 11.5. The van der Waals surface area contributed by atoms with Gasteiger partial charge in [-0.3, -0.25) is 4.79 Å². The van der Waals surface area contributed by atoms with Crippen LogP contribution in [0, 0.1) is 11.8 Å². The number of halogens is 2. The van der Waals surface area contributed by atoms with E-state index in [4.69, 9.17) is 4.74 Å². The SMILES string of the molecule is O=C(O)C(CNCc1ccc2c(c1)OC(F)(F)O2)C1CCOCC1. The second-order valence-electron chi connectivity index (χ2n) is 5.97. The first kappa shape index (κ1) is 16.9. The van der Waals surface area contributed by atoms with Crippen molar-refractivity contribution in [2.75, 3.05) is 19.8 Å². The van der Waals surface area contributed by atoms with Crippen LogP contribution in [0.2, 0.25) is 0 Å². The number of alkyl halides is 2. The zero-order chi connectivity index (χ0) is 17.2. The van der Waals surface area contributed by atoms with E-state index in [1.165, 1.54) is 12.1 Å². The van der Waals surface area contributed by atoms with Crippen molar-refractivity contribution < 1.29 is 32.9 Å². The molecule has 2 heterocycles. The van der Waals surface area contributed by atoms with Crippen LogP contribution in [0.15, 0.2) is 18.2 Å². The summed E-state index contributed by atoms with van der Waals surface area (Å²) in [6, 6.07) is 4.52. The van der Waals surface area contributed by atoms with Crippen LogP contribution in [0.25, 0.3) is 0 Å². The number of ether oxygens (including phenoxy) is 3. The van der Waals surface area contributed by atoms with Crippen LogP contribution in [0.3, 0.4) is 0 Å². The van der Waals surface area contributed by atoms with Crippen LogP contribution in [-0.2, 0) is 16.1 Å². The van der Waals surface area contributed by atoms with E-state index in [1.54, 1.807) is 6.07 Å². The van der Waals surface area contributed by atoms with Gasteiger partial charge in [-0.25, -0.2) is 0 Å². The molecule has 1 fully saturated rings. The molecule has 24 heavy (non-hydrogen) atoms. The zero-order valence-corrected chi connectivity index (χ0v) is 13.0. The molecule has 3 rings (SSSR count). The molecule has 2 aliphatic rings. The first-order valence-corrected chi connectivity index (χ1v) is 7.84. The maximum absolute atomic E-state index is 13.0. The average molecular weight is 343 g/mol. The van der Waals surface area contributed by atoms with Crippen molar-refractivity contribution in [3.8, 4) is 11.5 Å². The molecule has 1 aromatic rings. The van der Waals surface area contributed by atoms with Gasteiger partial charge < -0.3 is 24.6 Å². The lowest BCUT2D eigenvalue weighted by molar-refractivity contribution is -0.286. The Morgan fingerprint density at radius 2 is 2.00 bits per heavy atom. The Labute approximate surface area is 137 Å². The second-order valence-corrected chi connectivity index (χ2v) is 5.97. The molecular formula is C16H19F2NO5. The quantitative estimate of drug-likeness (QED) is 0.825. The Bertz CT molecular complexity index is 604. The molecule has 0 amide bonds. The van der Waals surface area contributed by atoms with Gasteiger partial charge in [0.2, 0.25) is 0 Å². The summed E-state index contributed by atoms with van der Waals surface area (Å²) in [6.45, 7) is 1.84. The fraction of sp³-hybridized carbons (Fsp3) is 0.562. The number of fused-ring (bicyclic) bond motifs is 1. The van der Waals surface area contributed by atoms with E-state index < -0.39 is 18.2 Å². The van der Waals surface area contributed by atoms with Crippen molar-refractivity contribution >= 4 is 5.97 Å². The van der Waals surface area contributed by atoms with Gasteiger partial charge >= 0.3 is 12.3 Å². The van der Waals surface area contributed by atoms with E-state index in [0.717, 1.165) is 12.8 Å². The van der Waals surface area contributed by atoms with Crippen molar-refractivity contribution in [3.63, 3.8) is 0 Å². The highest BCUT2D eigenvalue weighted by molar-refractivity contribution is 5.70. The monoisotopic (exact) mass is 343 g/mol. The minimum atomic E-state index is -3.63. The largest absolute Gasteiger partial charge is 0.586 e. The van der Waals surface area contributed by atoms with Gasteiger partial charge in [0.25, 0.3) is 0 Å². The highest BCUT2D eigenvalue weighted by Gasteiger charge is 2.43. The predicted molar refractivity (Wildman–Crippen MR) is 79.0 cm³/mol. The predicted octanol–water partition coefficient (Wildman–Crippen LogP) is 2.23. The molecule has 1 unspecified atom stereocenters. The summed E-state index contributed by atoms with van der Waals surface area (Å²) in [6.07, 6.45) is -2.17. The van der Waals surface area contributed by atoms with Crippen LogP contribution >= 0.6 is 0 Å². The second kappa shape index (κ2) is 6.90. The maximum atomic E-state index is 13.0. The Balaban J connectivity index is 1.55. The van der Waals surface area contributed by atoms with E-state index in [9.17, 15) is 18.7 Å². The van der Waals surface area contributed by atoms with E-state index >= 15 is 0 Å². The lowest BCUT2D eigenvalue weighted by Crippen LogP contribution is -2.36. The van der Waals surface area contributed by atoms with Crippen molar-refractivity contribution in [2.24, 2.45) is 11.8 Å². The summed E-state index contributed by atoms with van der Waals surface area (Å²) in [5.74, 6) is -1.26. The van der Waals surface area contributed by atoms with Crippen molar-refractivity contribution in [2.45, 2.75) is 25.7 Å². The van der Waals surface area contributed by atoms with Crippen LogP contribution in [0.4, 0.5) is 8.78 Å². The first-order chi connectivity index (χ1) is 11.4. The number of hydrogen-bond acceptors (Lipinski definition) is 5. The Morgan fingerprint density at radius 1 is 1.29 bits per heavy atom. The van der Waals surface area contributed by atoms with E-state index in [0.29, 0.717) is 31.9 Å². The van der Waals surface area contributed by atoms with Crippen molar-refractivity contribution in [1.29, 1.82) is 0 Å². The molecule has 0 aliphatic carbocycles. The third kappa shape index (κ3) is 3.93. The third-order valence-electron chi connectivity index (χ3n) is 4.31. The fourth-order valence-corrected chi connectivity index (χ4v) is 3.05. The Hall–Kier alpha value is -1.93. The van der Waals surface area contributed by atoms with Gasteiger partial charge in [-0.15, -0.1) is 8.78 Å². The van der Waals surface area contributed by atoms with Gasteiger partial charge in [-0.2, -0.15) is 0 Å². The summed E-state index contributed by atoms with van der Waals surface area (Å²) < 4.78 is 40.0. The van der Waals surface area contributed by atoms with Gasteiger partial charge in [0, 0.05) is 26.3 Å². The molecule has 0 aromatic heterocycles. The smallest absolute Gasteiger partial charge is 0.481 e. The number of carboxylic acids is 1. The van der Waals surface area contributed by atoms with Crippen LogP contribution in [-0.4, -0.2) is 37.1 Å². The Kier molecular flexibility index (Phi) is 4.86. The lowest BCUT2D eigenvalue weighted by atomic mass is 9.86. The van der Waals surface area contributed by atoms with E-state index in [2.05, 4.69) is 14.8 Å². The highest BCUT2D eigenvalue weighted by Crippen LogP contribution is 2.41. The van der Waals surface area contributed by atoms with Crippen LogP contribution < -0.4 is 14.8 Å². The van der Waals surface area contributed by atoms with E-state index in [-0.39, 0.29) is 17.4 Å². The molecule has 8 heteroatoms. The number of aliphatic carboxylic acids is 1. The summed E-state index contributed by atoms with van der Waals surface area (Å²) >= 11 is 0. The van der Waals surface area contributed by atoms with Crippen LogP contribution in [0.5, 0.6) is 11.5 Å². The number of rotatable bonds is 6. The van der Waals surface area contributed by atoms with Gasteiger partial charge in [-0.05, 0) is 36.5 Å². The van der Waals surface area contributed by atoms with Crippen molar-refractivity contribution in [1.82, 2.24) is 5.32 Å². The minimum Gasteiger partial charge on any atom is -0.481 e. The normalized spacial score (nSPS) is 20.8. The molecule has 0 spiro atoms. The molecule has 2 aliphatic heterocycles.